The Bertz CT molecular complexity index is 1010. The molecule has 0 aromatic heterocycles. The number of hydrogen-bond donors (Lipinski definition) is 1. The molecule has 1 aliphatic heterocycles. The van der Waals surface area contributed by atoms with Gasteiger partial charge in [-0.05, 0) is 31.2 Å². The van der Waals surface area contributed by atoms with Crippen LogP contribution in [0, 0.1) is 23.3 Å². The lowest BCUT2D eigenvalue weighted by Gasteiger charge is -2.19. The summed E-state index contributed by atoms with van der Waals surface area (Å²) in [7, 11) is 0. The maximum atomic E-state index is 13.7. The number of halogens is 4. The van der Waals surface area contributed by atoms with E-state index >= 15 is 0 Å². The zero-order valence-electron chi connectivity index (χ0n) is 14.1. The van der Waals surface area contributed by atoms with Gasteiger partial charge in [-0.15, -0.1) is 0 Å². The van der Waals surface area contributed by atoms with Crippen LogP contribution < -0.4 is 10.1 Å². The molecule has 6 nitrogen and oxygen atoms in total. The summed E-state index contributed by atoms with van der Waals surface area (Å²) in [6, 6.07) is 4.19. The Balaban J connectivity index is 1.79. The molecule has 0 radical (unpaired) electrons. The molecule has 146 valence electrons. The van der Waals surface area contributed by atoms with Crippen molar-refractivity contribution in [3.8, 4) is 5.75 Å². The Hall–Kier alpha value is -3.43. The first-order valence-corrected chi connectivity index (χ1v) is 7.84. The summed E-state index contributed by atoms with van der Waals surface area (Å²) in [6.45, 7) is 0.980. The van der Waals surface area contributed by atoms with Crippen LogP contribution in [0.4, 0.5) is 23.2 Å². The van der Waals surface area contributed by atoms with Crippen LogP contribution in [0.5, 0.6) is 5.75 Å². The summed E-state index contributed by atoms with van der Waals surface area (Å²) in [6.07, 6.45) is -1.47. The second-order valence-corrected chi connectivity index (χ2v) is 5.81. The number of carbonyl (C=O) groups excluding carboxylic acids is 3. The quantitative estimate of drug-likeness (QED) is 0.282. The van der Waals surface area contributed by atoms with Crippen LogP contribution in [-0.2, 0) is 9.53 Å². The Morgan fingerprint density at radius 1 is 1.11 bits per heavy atom. The molecular weight excluding hydrogens is 386 g/mol. The van der Waals surface area contributed by atoms with E-state index in [1.807, 2.05) is 0 Å². The number of esters is 1. The lowest BCUT2D eigenvalue weighted by atomic mass is 10.1. The van der Waals surface area contributed by atoms with Gasteiger partial charge in [0.2, 0.25) is 5.78 Å². The van der Waals surface area contributed by atoms with E-state index in [1.54, 1.807) is 0 Å². The normalized spacial score (nSPS) is 13.8. The van der Waals surface area contributed by atoms with Crippen molar-refractivity contribution in [2.45, 2.75) is 13.0 Å². The SMILES string of the molecule is C[C@@H](OC(=O)c1cc(F)c(F)c(F)c1F)C(=O)c1ccc2c(c1)NC(=O)CO2. The Morgan fingerprint density at radius 2 is 1.82 bits per heavy atom. The minimum atomic E-state index is -2.17. The molecule has 0 spiro atoms. The average molecular weight is 397 g/mol. The van der Waals surface area contributed by atoms with E-state index in [0.717, 1.165) is 6.92 Å². The Labute approximate surface area is 155 Å². The number of fused-ring (bicyclic) bond motifs is 1. The van der Waals surface area contributed by atoms with Gasteiger partial charge < -0.3 is 14.8 Å². The van der Waals surface area contributed by atoms with Crippen molar-refractivity contribution in [2.75, 3.05) is 11.9 Å². The molecule has 0 aliphatic carbocycles. The number of anilines is 1. The molecule has 0 saturated carbocycles. The van der Waals surface area contributed by atoms with Gasteiger partial charge in [-0.1, -0.05) is 0 Å². The molecule has 2 aromatic carbocycles. The first-order valence-electron chi connectivity index (χ1n) is 7.84. The molecule has 0 fully saturated rings. The summed E-state index contributed by atoms with van der Waals surface area (Å²) in [5.41, 5.74) is -0.932. The van der Waals surface area contributed by atoms with E-state index in [1.165, 1.54) is 18.2 Å². The average Bonchev–Trinajstić information content (AvgIpc) is 2.67. The number of benzene rings is 2. The van der Waals surface area contributed by atoms with Crippen molar-refractivity contribution in [1.82, 2.24) is 0 Å². The molecule has 1 aliphatic rings. The van der Waals surface area contributed by atoms with Gasteiger partial charge >= 0.3 is 5.97 Å². The molecule has 10 heteroatoms. The third kappa shape index (κ3) is 3.53. The van der Waals surface area contributed by atoms with Gasteiger partial charge in [0.05, 0.1) is 5.69 Å². The van der Waals surface area contributed by atoms with Gasteiger partial charge in [0, 0.05) is 5.56 Å². The van der Waals surface area contributed by atoms with E-state index in [4.69, 9.17) is 9.47 Å². The number of amides is 1. The fraction of sp³-hybridized carbons (Fsp3) is 0.167. The minimum absolute atomic E-state index is 0.0294. The predicted octanol–water partition coefficient (Wildman–Crippen LogP) is 3.00. The number of ether oxygens (including phenoxy) is 2. The smallest absolute Gasteiger partial charge is 0.342 e. The monoisotopic (exact) mass is 397 g/mol. The molecular formula is C18H11F4NO5. The molecule has 28 heavy (non-hydrogen) atoms. The van der Waals surface area contributed by atoms with Gasteiger partial charge in [0.15, 0.2) is 36.0 Å². The molecule has 1 heterocycles. The van der Waals surface area contributed by atoms with E-state index in [0.29, 0.717) is 5.75 Å². The van der Waals surface area contributed by atoms with Crippen molar-refractivity contribution < 1.29 is 41.4 Å². The fourth-order valence-electron chi connectivity index (χ4n) is 2.47. The largest absolute Gasteiger partial charge is 0.482 e. The lowest BCUT2D eigenvalue weighted by molar-refractivity contribution is -0.118. The van der Waals surface area contributed by atoms with Gasteiger partial charge in [-0.3, -0.25) is 9.59 Å². The number of hydrogen-bond acceptors (Lipinski definition) is 5. The summed E-state index contributed by atoms with van der Waals surface area (Å²) >= 11 is 0. The minimum Gasteiger partial charge on any atom is -0.482 e. The molecule has 2 aromatic rings. The van der Waals surface area contributed by atoms with Crippen LogP contribution in [0.15, 0.2) is 24.3 Å². The van der Waals surface area contributed by atoms with Crippen LogP contribution in [0.1, 0.15) is 27.6 Å². The highest BCUT2D eigenvalue weighted by Gasteiger charge is 2.28. The molecule has 1 N–H and O–H groups in total. The predicted molar refractivity (Wildman–Crippen MR) is 86.0 cm³/mol. The van der Waals surface area contributed by atoms with Crippen LogP contribution in [0.25, 0.3) is 0 Å². The van der Waals surface area contributed by atoms with Crippen LogP contribution in [-0.4, -0.2) is 30.4 Å². The zero-order valence-corrected chi connectivity index (χ0v) is 14.1. The van der Waals surface area contributed by atoms with E-state index in [2.05, 4.69) is 5.32 Å². The fourth-order valence-corrected chi connectivity index (χ4v) is 2.47. The van der Waals surface area contributed by atoms with Crippen molar-refractivity contribution in [1.29, 1.82) is 0 Å². The number of rotatable bonds is 4. The van der Waals surface area contributed by atoms with Crippen LogP contribution in [0.2, 0.25) is 0 Å². The van der Waals surface area contributed by atoms with Crippen molar-refractivity contribution in [2.24, 2.45) is 0 Å². The van der Waals surface area contributed by atoms with Gasteiger partial charge in [-0.25, -0.2) is 22.4 Å². The maximum absolute atomic E-state index is 13.7. The molecule has 1 amide bonds. The molecule has 3 rings (SSSR count). The van der Waals surface area contributed by atoms with Gasteiger partial charge in [0.25, 0.3) is 5.91 Å². The highest BCUT2D eigenvalue weighted by Crippen LogP contribution is 2.29. The molecule has 0 unspecified atom stereocenters. The summed E-state index contributed by atoms with van der Waals surface area (Å²) < 4.78 is 63.0. The van der Waals surface area contributed by atoms with E-state index in [-0.39, 0.29) is 23.9 Å². The maximum Gasteiger partial charge on any atom is 0.342 e. The topological polar surface area (TPSA) is 81.7 Å². The molecule has 1 atom stereocenters. The van der Waals surface area contributed by atoms with E-state index in [9.17, 15) is 31.9 Å². The molecule has 0 saturated heterocycles. The number of Topliss-reactive ketones (excluding diaryl/α,β-unsaturated/α-hetero) is 1. The first kappa shape index (κ1) is 19.3. The van der Waals surface area contributed by atoms with Gasteiger partial charge in [0.1, 0.15) is 11.3 Å². The first-order chi connectivity index (χ1) is 13.2. The van der Waals surface area contributed by atoms with E-state index < -0.39 is 52.6 Å². The summed E-state index contributed by atoms with van der Waals surface area (Å²) in [5.74, 6) is -10.3. The number of carbonyl (C=O) groups is 3. The molecule has 0 bridgehead atoms. The second kappa shape index (κ2) is 7.29. The third-order valence-electron chi connectivity index (χ3n) is 3.87. The lowest BCUT2D eigenvalue weighted by Crippen LogP contribution is -2.27. The summed E-state index contributed by atoms with van der Waals surface area (Å²) in [5, 5.41) is 2.49. The van der Waals surface area contributed by atoms with Crippen molar-refractivity contribution in [3.05, 3.63) is 58.7 Å². The number of ketones is 1. The Morgan fingerprint density at radius 3 is 2.54 bits per heavy atom. The standard InChI is InChI=1S/C18H11F4NO5/c1-7(28-18(26)9-5-10(19)15(21)16(22)14(9)20)17(25)8-2-3-12-11(4-8)23-13(24)6-27-12/h2-5,7H,6H2,1H3,(H,23,24)/t7-/m1/s1. The van der Waals surface area contributed by atoms with Crippen LogP contribution >= 0.6 is 0 Å². The third-order valence-corrected chi connectivity index (χ3v) is 3.87. The highest BCUT2D eigenvalue weighted by molar-refractivity contribution is 6.04. The number of nitrogens with one attached hydrogen (secondary N) is 1. The van der Waals surface area contributed by atoms with Crippen molar-refractivity contribution >= 4 is 23.3 Å². The van der Waals surface area contributed by atoms with Crippen LogP contribution in [0.3, 0.4) is 0 Å². The second-order valence-electron chi connectivity index (χ2n) is 5.81. The zero-order chi connectivity index (χ0) is 20.6. The van der Waals surface area contributed by atoms with Crippen molar-refractivity contribution in [3.63, 3.8) is 0 Å². The Kier molecular flexibility index (Phi) is 5.04. The highest BCUT2D eigenvalue weighted by atomic mass is 19.2. The summed E-state index contributed by atoms with van der Waals surface area (Å²) in [4.78, 5) is 35.7. The van der Waals surface area contributed by atoms with Gasteiger partial charge in [-0.2, -0.15) is 0 Å².